The van der Waals surface area contributed by atoms with E-state index in [9.17, 15) is 9.59 Å². The lowest BCUT2D eigenvalue weighted by molar-refractivity contribution is -0.137. The van der Waals surface area contributed by atoms with Gasteiger partial charge < -0.3 is 21.3 Å². The average molecular weight is 232 g/mol. The fourth-order valence-corrected chi connectivity index (χ4v) is 1.17. The number of carbonyl (C=O) groups excluding carboxylic acids is 1. The zero-order valence-electron chi connectivity index (χ0n) is 9.32. The maximum absolute atomic E-state index is 11.3. The summed E-state index contributed by atoms with van der Waals surface area (Å²) in [5, 5.41) is 19.6. The highest BCUT2D eigenvalue weighted by Crippen LogP contribution is 1.96. The third kappa shape index (κ3) is 8.19. The molecule has 16 heavy (non-hydrogen) atoms. The molecule has 0 spiro atoms. The third-order valence-electron chi connectivity index (χ3n) is 2.14. The monoisotopic (exact) mass is 232 g/mol. The first-order chi connectivity index (χ1) is 7.57. The van der Waals surface area contributed by atoms with Crippen LogP contribution < -0.4 is 11.1 Å². The second-order valence-electron chi connectivity index (χ2n) is 3.61. The number of aliphatic carboxylic acids is 1. The summed E-state index contributed by atoms with van der Waals surface area (Å²) >= 11 is 0. The van der Waals surface area contributed by atoms with E-state index in [1.165, 1.54) is 0 Å². The molecule has 6 nitrogen and oxygen atoms in total. The van der Waals surface area contributed by atoms with E-state index in [2.05, 4.69) is 5.32 Å². The van der Waals surface area contributed by atoms with Crippen LogP contribution in [0.15, 0.2) is 0 Å². The highest BCUT2D eigenvalue weighted by atomic mass is 16.4. The molecule has 0 aromatic rings. The Morgan fingerprint density at radius 1 is 1.25 bits per heavy atom. The van der Waals surface area contributed by atoms with E-state index in [0.29, 0.717) is 6.54 Å². The highest BCUT2D eigenvalue weighted by molar-refractivity contribution is 5.82. The second-order valence-corrected chi connectivity index (χ2v) is 3.61. The van der Waals surface area contributed by atoms with Gasteiger partial charge in [-0.05, 0) is 25.7 Å². The maximum Gasteiger partial charge on any atom is 0.303 e. The lowest BCUT2D eigenvalue weighted by atomic mass is 10.1. The molecule has 0 aliphatic heterocycles. The molecule has 0 heterocycles. The van der Waals surface area contributed by atoms with Gasteiger partial charge in [0.15, 0.2) is 0 Å². The predicted octanol–water partition coefficient (Wildman–Crippen LogP) is -0.543. The van der Waals surface area contributed by atoms with Crippen LogP contribution >= 0.6 is 0 Å². The van der Waals surface area contributed by atoms with Gasteiger partial charge in [-0.15, -0.1) is 0 Å². The molecule has 1 unspecified atom stereocenters. The van der Waals surface area contributed by atoms with Gasteiger partial charge in [-0.2, -0.15) is 0 Å². The van der Waals surface area contributed by atoms with Crippen molar-refractivity contribution in [2.45, 2.75) is 38.1 Å². The van der Waals surface area contributed by atoms with Crippen LogP contribution in [0.3, 0.4) is 0 Å². The number of aliphatic hydroxyl groups excluding tert-OH is 1. The number of carboxylic acids is 1. The molecular weight excluding hydrogens is 212 g/mol. The van der Waals surface area contributed by atoms with E-state index in [-0.39, 0.29) is 25.4 Å². The van der Waals surface area contributed by atoms with Gasteiger partial charge in [0.25, 0.3) is 0 Å². The van der Waals surface area contributed by atoms with Crippen LogP contribution in [0.5, 0.6) is 0 Å². The first kappa shape index (κ1) is 14.9. The summed E-state index contributed by atoms with van der Waals surface area (Å²) in [4.78, 5) is 21.6. The van der Waals surface area contributed by atoms with Crippen LogP contribution in [-0.2, 0) is 9.59 Å². The molecule has 0 aromatic carbocycles. The Morgan fingerprint density at radius 3 is 2.50 bits per heavy atom. The van der Waals surface area contributed by atoms with Gasteiger partial charge in [0.1, 0.15) is 0 Å². The van der Waals surface area contributed by atoms with E-state index in [1.54, 1.807) is 0 Å². The van der Waals surface area contributed by atoms with Crippen molar-refractivity contribution in [1.82, 2.24) is 5.32 Å². The SMILES string of the molecule is NC(CCC(=O)O)C(=O)NCCCCCO. The van der Waals surface area contributed by atoms with E-state index < -0.39 is 12.0 Å². The number of hydrogen-bond donors (Lipinski definition) is 4. The highest BCUT2D eigenvalue weighted by Gasteiger charge is 2.13. The molecule has 6 heteroatoms. The molecule has 1 atom stereocenters. The van der Waals surface area contributed by atoms with Gasteiger partial charge in [0.2, 0.25) is 5.91 Å². The summed E-state index contributed by atoms with van der Waals surface area (Å²) in [6, 6.07) is -0.756. The van der Waals surface area contributed by atoms with Crippen molar-refractivity contribution in [3.8, 4) is 0 Å². The number of hydrogen-bond acceptors (Lipinski definition) is 4. The van der Waals surface area contributed by atoms with Crippen LogP contribution in [0.1, 0.15) is 32.1 Å². The third-order valence-corrected chi connectivity index (χ3v) is 2.14. The molecule has 0 saturated heterocycles. The van der Waals surface area contributed by atoms with Gasteiger partial charge in [-0.3, -0.25) is 9.59 Å². The van der Waals surface area contributed by atoms with Crippen LogP contribution in [0.25, 0.3) is 0 Å². The average Bonchev–Trinajstić information content (AvgIpc) is 2.25. The lowest BCUT2D eigenvalue weighted by Crippen LogP contribution is -2.41. The summed E-state index contributed by atoms with van der Waals surface area (Å²) in [6.07, 6.45) is 2.41. The van der Waals surface area contributed by atoms with Crippen molar-refractivity contribution in [2.75, 3.05) is 13.2 Å². The molecule has 0 aliphatic carbocycles. The number of amides is 1. The number of nitrogens with two attached hydrogens (primary N) is 1. The Hall–Kier alpha value is -1.14. The molecule has 0 radical (unpaired) electrons. The van der Waals surface area contributed by atoms with Crippen LogP contribution in [0.4, 0.5) is 0 Å². The quantitative estimate of drug-likeness (QED) is 0.399. The number of nitrogens with one attached hydrogen (secondary N) is 1. The molecule has 94 valence electrons. The molecule has 1 amide bonds. The van der Waals surface area contributed by atoms with Gasteiger partial charge in [-0.1, -0.05) is 0 Å². The summed E-state index contributed by atoms with van der Waals surface area (Å²) in [6.45, 7) is 0.672. The van der Waals surface area contributed by atoms with Crippen molar-refractivity contribution >= 4 is 11.9 Å². The van der Waals surface area contributed by atoms with E-state index in [4.69, 9.17) is 15.9 Å². The van der Waals surface area contributed by atoms with Crippen LogP contribution in [0, 0.1) is 0 Å². The van der Waals surface area contributed by atoms with Crippen molar-refractivity contribution in [3.05, 3.63) is 0 Å². The minimum Gasteiger partial charge on any atom is -0.481 e. The number of unbranched alkanes of at least 4 members (excludes halogenated alkanes) is 2. The van der Waals surface area contributed by atoms with E-state index in [0.717, 1.165) is 19.3 Å². The maximum atomic E-state index is 11.3. The zero-order valence-corrected chi connectivity index (χ0v) is 9.32. The molecular formula is C10H20N2O4. The van der Waals surface area contributed by atoms with Crippen molar-refractivity contribution in [3.63, 3.8) is 0 Å². The second kappa shape index (κ2) is 9.11. The normalized spacial score (nSPS) is 12.1. The molecule has 0 saturated carbocycles. The Bertz CT molecular complexity index is 221. The van der Waals surface area contributed by atoms with E-state index in [1.807, 2.05) is 0 Å². The molecule has 0 fully saturated rings. The largest absolute Gasteiger partial charge is 0.481 e. The van der Waals surface area contributed by atoms with Crippen molar-refractivity contribution < 1.29 is 19.8 Å². The van der Waals surface area contributed by atoms with Crippen molar-refractivity contribution in [1.29, 1.82) is 0 Å². The fraction of sp³-hybridized carbons (Fsp3) is 0.800. The molecule has 5 N–H and O–H groups in total. The van der Waals surface area contributed by atoms with Gasteiger partial charge >= 0.3 is 5.97 Å². The Labute approximate surface area is 94.8 Å². The van der Waals surface area contributed by atoms with E-state index >= 15 is 0 Å². The minimum atomic E-state index is -0.953. The number of rotatable bonds is 9. The Balaban J connectivity index is 3.51. The molecule has 0 aromatic heterocycles. The standard InChI is InChI=1S/C10H20N2O4/c11-8(4-5-9(14)15)10(16)12-6-2-1-3-7-13/h8,13H,1-7,11H2,(H,12,16)(H,14,15). The van der Waals surface area contributed by atoms with Gasteiger partial charge in [0.05, 0.1) is 6.04 Å². The number of carboxylic acid groups (broad SMARTS) is 1. The number of carbonyl (C=O) groups is 2. The predicted molar refractivity (Wildman–Crippen MR) is 58.8 cm³/mol. The first-order valence-corrected chi connectivity index (χ1v) is 5.44. The van der Waals surface area contributed by atoms with Gasteiger partial charge in [0, 0.05) is 19.6 Å². The summed E-state index contributed by atoms with van der Waals surface area (Å²) in [7, 11) is 0. The zero-order chi connectivity index (χ0) is 12.4. The topological polar surface area (TPSA) is 113 Å². The molecule has 0 rings (SSSR count). The van der Waals surface area contributed by atoms with Crippen molar-refractivity contribution in [2.24, 2.45) is 5.73 Å². The van der Waals surface area contributed by atoms with Crippen LogP contribution in [-0.4, -0.2) is 41.3 Å². The minimum absolute atomic E-state index is 0.0981. The molecule has 0 aliphatic rings. The van der Waals surface area contributed by atoms with Crippen LogP contribution in [0.2, 0.25) is 0 Å². The van der Waals surface area contributed by atoms with Gasteiger partial charge in [-0.25, -0.2) is 0 Å². The summed E-state index contributed by atoms with van der Waals surface area (Å²) in [5.41, 5.74) is 5.49. The summed E-state index contributed by atoms with van der Waals surface area (Å²) in [5.74, 6) is -1.27. The molecule has 0 bridgehead atoms. The Morgan fingerprint density at radius 2 is 1.94 bits per heavy atom. The first-order valence-electron chi connectivity index (χ1n) is 5.44. The fourth-order valence-electron chi connectivity index (χ4n) is 1.17. The number of aliphatic hydroxyl groups is 1. The smallest absolute Gasteiger partial charge is 0.303 e. The Kier molecular flexibility index (Phi) is 8.46. The lowest BCUT2D eigenvalue weighted by Gasteiger charge is -2.10. The summed E-state index contributed by atoms with van der Waals surface area (Å²) < 4.78 is 0.